The molecule has 98 valence electrons. The van der Waals surface area contributed by atoms with E-state index in [9.17, 15) is 4.79 Å². The van der Waals surface area contributed by atoms with E-state index in [2.05, 4.69) is 17.6 Å². The van der Waals surface area contributed by atoms with Crippen LogP contribution in [0.4, 0.5) is 0 Å². The number of hydrogen-bond donors (Lipinski definition) is 2. The molecule has 0 spiro atoms. The van der Waals surface area contributed by atoms with Crippen molar-refractivity contribution in [2.24, 2.45) is 5.92 Å². The Morgan fingerprint density at radius 3 is 2.65 bits per heavy atom. The molecule has 0 aromatic heterocycles. The lowest BCUT2D eigenvalue weighted by Gasteiger charge is -2.38. The molecule has 2 rings (SSSR count). The summed E-state index contributed by atoms with van der Waals surface area (Å²) in [7, 11) is 1.98. The summed E-state index contributed by atoms with van der Waals surface area (Å²) in [6.45, 7) is 4.90. The van der Waals surface area contributed by atoms with Gasteiger partial charge in [-0.05, 0) is 18.8 Å². The van der Waals surface area contributed by atoms with Gasteiger partial charge in [0.15, 0.2) is 0 Å². The Morgan fingerprint density at radius 1 is 1.24 bits per heavy atom. The average molecular weight is 239 g/mol. The van der Waals surface area contributed by atoms with Crippen LogP contribution in [0.15, 0.2) is 0 Å². The average Bonchev–Trinajstić information content (AvgIpc) is 2.39. The zero-order valence-corrected chi connectivity index (χ0v) is 11.0. The molecular weight excluding hydrogens is 214 g/mol. The van der Waals surface area contributed by atoms with Gasteiger partial charge in [0.2, 0.25) is 5.91 Å². The molecule has 0 aromatic rings. The Balaban J connectivity index is 1.92. The number of likely N-dealkylation sites (N-methyl/N-ethyl adjacent to an activating group) is 1. The van der Waals surface area contributed by atoms with Gasteiger partial charge in [-0.1, -0.05) is 19.8 Å². The van der Waals surface area contributed by atoms with Crippen LogP contribution in [0.3, 0.4) is 0 Å². The Labute approximate surface area is 104 Å². The van der Waals surface area contributed by atoms with Crippen LogP contribution in [0.5, 0.6) is 0 Å². The van der Waals surface area contributed by atoms with Crippen molar-refractivity contribution in [2.75, 3.05) is 26.7 Å². The highest BCUT2D eigenvalue weighted by atomic mass is 16.2. The van der Waals surface area contributed by atoms with Crippen LogP contribution in [0.2, 0.25) is 0 Å². The maximum atomic E-state index is 12.4. The van der Waals surface area contributed by atoms with E-state index in [4.69, 9.17) is 0 Å². The third kappa shape index (κ3) is 2.99. The lowest BCUT2D eigenvalue weighted by atomic mass is 9.85. The topological polar surface area (TPSA) is 44.4 Å². The van der Waals surface area contributed by atoms with Gasteiger partial charge in [0.05, 0.1) is 6.04 Å². The van der Waals surface area contributed by atoms with E-state index in [-0.39, 0.29) is 11.9 Å². The molecule has 1 amide bonds. The fraction of sp³-hybridized carbons (Fsp3) is 0.923. The predicted octanol–water partition coefficient (Wildman–Crippen LogP) is 0.585. The van der Waals surface area contributed by atoms with Crippen molar-refractivity contribution in [2.45, 2.75) is 44.7 Å². The molecule has 2 aliphatic rings. The van der Waals surface area contributed by atoms with E-state index >= 15 is 0 Å². The van der Waals surface area contributed by atoms with Crippen LogP contribution >= 0.6 is 0 Å². The smallest absolute Gasteiger partial charge is 0.241 e. The molecule has 0 bridgehead atoms. The summed E-state index contributed by atoms with van der Waals surface area (Å²) in [5.41, 5.74) is 0. The predicted molar refractivity (Wildman–Crippen MR) is 68.9 cm³/mol. The quantitative estimate of drug-likeness (QED) is 0.741. The van der Waals surface area contributed by atoms with Gasteiger partial charge in [0, 0.05) is 32.7 Å². The van der Waals surface area contributed by atoms with Gasteiger partial charge in [-0.15, -0.1) is 0 Å². The van der Waals surface area contributed by atoms with Crippen molar-refractivity contribution in [1.29, 1.82) is 0 Å². The van der Waals surface area contributed by atoms with Gasteiger partial charge in [0.25, 0.3) is 0 Å². The maximum absolute atomic E-state index is 12.4. The molecule has 1 aliphatic heterocycles. The monoisotopic (exact) mass is 239 g/mol. The molecule has 1 aliphatic carbocycles. The first-order chi connectivity index (χ1) is 8.20. The van der Waals surface area contributed by atoms with Crippen LogP contribution in [0.1, 0.15) is 32.6 Å². The molecule has 4 heteroatoms. The molecule has 1 heterocycles. The number of amides is 1. The van der Waals surface area contributed by atoms with Gasteiger partial charge in [0.1, 0.15) is 0 Å². The highest BCUT2D eigenvalue weighted by Crippen LogP contribution is 2.27. The summed E-state index contributed by atoms with van der Waals surface area (Å²) in [5.74, 6) is 0.908. The fourth-order valence-corrected chi connectivity index (χ4v) is 3.11. The third-order valence-electron chi connectivity index (χ3n) is 4.25. The van der Waals surface area contributed by atoms with Gasteiger partial charge >= 0.3 is 0 Å². The zero-order chi connectivity index (χ0) is 12.3. The van der Waals surface area contributed by atoms with E-state index in [0.29, 0.717) is 12.0 Å². The number of carbonyl (C=O) groups is 1. The summed E-state index contributed by atoms with van der Waals surface area (Å²) in [6, 6.07) is 0.419. The number of hydrogen-bond acceptors (Lipinski definition) is 3. The van der Waals surface area contributed by atoms with Crippen LogP contribution in [0.25, 0.3) is 0 Å². The standard InChI is InChI=1S/C13H25N3O/c1-10-5-3-4-6-12(10)16(2)13(17)11-9-14-7-8-15-11/h10-12,14-15H,3-9H2,1-2H3. The second-order valence-electron chi connectivity index (χ2n) is 5.49. The first-order valence-corrected chi connectivity index (χ1v) is 6.91. The molecule has 2 fully saturated rings. The summed E-state index contributed by atoms with van der Waals surface area (Å²) >= 11 is 0. The highest BCUT2D eigenvalue weighted by molar-refractivity contribution is 5.82. The van der Waals surface area contributed by atoms with Crippen molar-refractivity contribution in [3.05, 3.63) is 0 Å². The Bertz CT molecular complexity index is 263. The molecule has 0 aromatic carbocycles. The van der Waals surface area contributed by atoms with E-state index < -0.39 is 0 Å². The molecular formula is C13H25N3O. The van der Waals surface area contributed by atoms with Crippen LogP contribution in [-0.4, -0.2) is 49.6 Å². The van der Waals surface area contributed by atoms with E-state index in [1.54, 1.807) is 0 Å². The molecule has 3 atom stereocenters. The van der Waals surface area contributed by atoms with Crippen molar-refractivity contribution in [3.63, 3.8) is 0 Å². The van der Waals surface area contributed by atoms with Crippen molar-refractivity contribution >= 4 is 5.91 Å². The molecule has 1 saturated heterocycles. The summed E-state index contributed by atoms with van der Waals surface area (Å²) in [4.78, 5) is 14.4. The fourth-order valence-electron chi connectivity index (χ4n) is 3.11. The summed E-state index contributed by atoms with van der Waals surface area (Å²) < 4.78 is 0. The number of nitrogens with zero attached hydrogens (tertiary/aromatic N) is 1. The largest absolute Gasteiger partial charge is 0.341 e. The second-order valence-corrected chi connectivity index (χ2v) is 5.49. The van der Waals surface area contributed by atoms with Crippen molar-refractivity contribution in [3.8, 4) is 0 Å². The van der Waals surface area contributed by atoms with Gasteiger partial charge < -0.3 is 15.5 Å². The number of carbonyl (C=O) groups excluding carboxylic acids is 1. The SMILES string of the molecule is CC1CCCCC1N(C)C(=O)C1CNCCN1. The molecule has 17 heavy (non-hydrogen) atoms. The van der Waals surface area contributed by atoms with Crippen LogP contribution in [0, 0.1) is 5.92 Å². The minimum absolute atomic E-state index is 0.0251. The van der Waals surface area contributed by atoms with E-state index in [0.717, 1.165) is 19.6 Å². The molecule has 0 radical (unpaired) electrons. The van der Waals surface area contributed by atoms with Gasteiger partial charge in [-0.3, -0.25) is 4.79 Å². The number of piperazine rings is 1. The number of rotatable bonds is 2. The second kappa shape index (κ2) is 5.83. The van der Waals surface area contributed by atoms with Crippen molar-refractivity contribution in [1.82, 2.24) is 15.5 Å². The number of nitrogens with one attached hydrogen (secondary N) is 2. The minimum Gasteiger partial charge on any atom is -0.341 e. The molecule has 2 N–H and O–H groups in total. The Morgan fingerprint density at radius 2 is 2.00 bits per heavy atom. The third-order valence-corrected chi connectivity index (χ3v) is 4.25. The minimum atomic E-state index is -0.0251. The molecule has 4 nitrogen and oxygen atoms in total. The molecule has 1 saturated carbocycles. The van der Waals surface area contributed by atoms with E-state index in [1.807, 2.05) is 11.9 Å². The highest BCUT2D eigenvalue weighted by Gasteiger charge is 2.31. The van der Waals surface area contributed by atoms with E-state index in [1.165, 1.54) is 25.7 Å². The lowest BCUT2D eigenvalue weighted by molar-refractivity contribution is -0.136. The first-order valence-electron chi connectivity index (χ1n) is 6.91. The lowest BCUT2D eigenvalue weighted by Crippen LogP contribution is -2.58. The normalized spacial score (nSPS) is 34.4. The van der Waals surface area contributed by atoms with Crippen LogP contribution in [-0.2, 0) is 4.79 Å². The summed E-state index contributed by atoms with van der Waals surface area (Å²) in [6.07, 6.45) is 5.02. The maximum Gasteiger partial charge on any atom is 0.241 e. The molecule has 3 unspecified atom stereocenters. The Hall–Kier alpha value is -0.610. The van der Waals surface area contributed by atoms with Crippen LogP contribution < -0.4 is 10.6 Å². The zero-order valence-electron chi connectivity index (χ0n) is 11.0. The first kappa shape index (κ1) is 12.8. The van der Waals surface area contributed by atoms with Crippen molar-refractivity contribution < 1.29 is 4.79 Å². The van der Waals surface area contributed by atoms with Gasteiger partial charge in [-0.25, -0.2) is 0 Å². The van der Waals surface area contributed by atoms with Gasteiger partial charge in [-0.2, -0.15) is 0 Å². The Kier molecular flexibility index (Phi) is 4.40. The summed E-state index contributed by atoms with van der Waals surface area (Å²) in [5, 5.41) is 6.57.